The molecule has 0 aliphatic heterocycles. The van der Waals surface area contributed by atoms with Crippen LogP contribution >= 0.6 is 46.4 Å². The highest BCUT2D eigenvalue weighted by Gasteiger charge is 2.21. The number of carbonyl (C=O) groups excluding carboxylic acids is 1. The molecule has 1 amide bonds. The van der Waals surface area contributed by atoms with Gasteiger partial charge in [0.25, 0.3) is 0 Å². The summed E-state index contributed by atoms with van der Waals surface area (Å²) in [5.41, 5.74) is 1.53. The molecule has 0 saturated carbocycles. The Morgan fingerprint density at radius 2 is 1.93 bits per heavy atom. The van der Waals surface area contributed by atoms with Crippen LogP contribution in [-0.2, 0) is 11.3 Å². The average molecular weight is 447 g/mol. The van der Waals surface area contributed by atoms with Gasteiger partial charge in [-0.25, -0.2) is 0 Å². The zero-order valence-corrected chi connectivity index (χ0v) is 17.4. The molecule has 3 aromatic rings. The van der Waals surface area contributed by atoms with E-state index in [4.69, 9.17) is 46.4 Å². The molecule has 1 atom stereocenters. The maximum atomic E-state index is 12.5. The summed E-state index contributed by atoms with van der Waals surface area (Å²) in [6.45, 7) is 3.88. The number of nitrogens with zero attached hydrogens (tertiary/aromatic N) is 4. The normalized spacial score (nSPS) is 12.2. The van der Waals surface area contributed by atoms with Crippen molar-refractivity contribution < 1.29 is 4.79 Å². The van der Waals surface area contributed by atoms with Gasteiger partial charge in [-0.3, -0.25) is 14.2 Å². The van der Waals surface area contributed by atoms with Crippen LogP contribution in [0.15, 0.2) is 30.6 Å². The predicted octanol–water partition coefficient (Wildman–Crippen LogP) is 5.25. The maximum absolute atomic E-state index is 12.5. The third-order valence-corrected chi connectivity index (χ3v) is 5.27. The Hall–Kier alpha value is -1.73. The minimum Gasteiger partial charge on any atom is -0.306 e. The minimum absolute atomic E-state index is 0.259. The molecule has 10 heteroatoms. The number of amides is 1. The van der Waals surface area contributed by atoms with Crippen LogP contribution in [0.25, 0.3) is 0 Å². The van der Waals surface area contributed by atoms with Crippen molar-refractivity contribution >= 4 is 58.1 Å². The van der Waals surface area contributed by atoms with Crippen LogP contribution in [-0.4, -0.2) is 25.5 Å². The molecule has 2 aromatic heterocycles. The third kappa shape index (κ3) is 4.41. The maximum Gasteiger partial charge on any atom is 0.250 e. The van der Waals surface area contributed by atoms with Crippen LogP contribution in [0.5, 0.6) is 0 Å². The zero-order chi connectivity index (χ0) is 19.7. The minimum atomic E-state index is -0.579. The van der Waals surface area contributed by atoms with E-state index in [1.807, 2.05) is 6.07 Å². The molecule has 2 heterocycles. The lowest BCUT2D eigenvalue weighted by Crippen LogP contribution is -2.25. The topological polar surface area (TPSA) is 64.7 Å². The van der Waals surface area contributed by atoms with E-state index in [0.29, 0.717) is 32.3 Å². The van der Waals surface area contributed by atoms with Crippen LogP contribution in [0.2, 0.25) is 20.1 Å². The molecular formula is C17H15Cl4N5O. The van der Waals surface area contributed by atoms with E-state index < -0.39 is 6.04 Å². The van der Waals surface area contributed by atoms with Crippen LogP contribution in [0.1, 0.15) is 24.2 Å². The molecule has 0 radical (unpaired) electrons. The summed E-state index contributed by atoms with van der Waals surface area (Å²) in [5.74, 6) is -0.0518. The van der Waals surface area contributed by atoms with E-state index in [1.54, 1.807) is 36.9 Å². The second-order valence-corrected chi connectivity index (χ2v) is 7.60. The Kier molecular flexibility index (Phi) is 6.01. The van der Waals surface area contributed by atoms with Crippen molar-refractivity contribution in [3.05, 3.63) is 61.9 Å². The van der Waals surface area contributed by atoms with Gasteiger partial charge in [0.05, 0.1) is 23.5 Å². The fourth-order valence-corrected chi connectivity index (χ4v) is 3.31. The Morgan fingerprint density at radius 1 is 1.19 bits per heavy atom. The van der Waals surface area contributed by atoms with Gasteiger partial charge in [-0.2, -0.15) is 10.2 Å². The Bertz CT molecular complexity index is 997. The van der Waals surface area contributed by atoms with Gasteiger partial charge in [0.2, 0.25) is 5.91 Å². The van der Waals surface area contributed by atoms with Gasteiger partial charge in [0.1, 0.15) is 11.1 Å². The Labute approximate surface area is 176 Å². The first-order valence-electron chi connectivity index (χ1n) is 7.93. The highest BCUT2D eigenvalue weighted by atomic mass is 35.5. The quantitative estimate of drug-likeness (QED) is 0.581. The molecule has 0 aliphatic rings. The number of benzene rings is 1. The monoisotopic (exact) mass is 445 g/mol. The van der Waals surface area contributed by atoms with E-state index in [-0.39, 0.29) is 11.7 Å². The Balaban J connectivity index is 1.74. The van der Waals surface area contributed by atoms with E-state index in [2.05, 4.69) is 15.5 Å². The highest BCUT2D eigenvalue weighted by molar-refractivity contribution is 6.35. The van der Waals surface area contributed by atoms with Gasteiger partial charge >= 0.3 is 0 Å². The molecule has 0 aliphatic carbocycles. The van der Waals surface area contributed by atoms with Crippen LogP contribution in [0.4, 0.5) is 5.82 Å². The number of carbonyl (C=O) groups is 1. The second kappa shape index (κ2) is 8.10. The summed E-state index contributed by atoms with van der Waals surface area (Å²) in [5, 5.41) is 13.0. The van der Waals surface area contributed by atoms with Gasteiger partial charge < -0.3 is 5.32 Å². The highest BCUT2D eigenvalue weighted by Crippen LogP contribution is 2.25. The number of rotatable bonds is 5. The lowest BCUT2D eigenvalue weighted by atomic mass is 10.2. The average Bonchev–Trinajstić information content (AvgIpc) is 3.12. The summed E-state index contributed by atoms with van der Waals surface area (Å²) in [6, 6.07) is 4.64. The second-order valence-electron chi connectivity index (χ2n) is 5.95. The third-order valence-electron chi connectivity index (χ3n) is 4.04. The van der Waals surface area contributed by atoms with Crippen molar-refractivity contribution in [1.82, 2.24) is 19.6 Å². The molecule has 27 heavy (non-hydrogen) atoms. The van der Waals surface area contributed by atoms with Gasteiger partial charge in [-0.15, -0.1) is 0 Å². The van der Waals surface area contributed by atoms with Crippen LogP contribution in [0, 0.1) is 6.92 Å². The summed E-state index contributed by atoms with van der Waals surface area (Å²) in [7, 11) is 0. The molecule has 6 nitrogen and oxygen atoms in total. The fourth-order valence-electron chi connectivity index (χ4n) is 2.51. The molecule has 1 unspecified atom stereocenters. The Morgan fingerprint density at radius 3 is 2.56 bits per heavy atom. The number of nitrogens with one attached hydrogen (secondary N) is 1. The predicted molar refractivity (Wildman–Crippen MR) is 108 cm³/mol. The lowest BCUT2D eigenvalue weighted by molar-refractivity contribution is -0.119. The van der Waals surface area contributed by atoms with Gasteiger partial charge in [0, 0.05) is 16.2 Å². The van der Waals surface area contributed by atoms with E-state index >= 15 is 0 Å². The van der Waals surface area contributed by atoms with Crippen molar-refractivity contribution in [3.63, 3.8) is 0 Å². The molecule has 1 aromatic carbocycles. The largest absolute Gasteiger partial charge is 0.306 e. The molecule has 3 rings (SSSR count). The van der Waals surface area contributed by atoms with Gasteiger partial charge in [-0.05, 0) is 31.5 Å². The smallest absolute Gasteiger partial charge is 0.250 e. The SMILES string of the molecule is Cc1c(Cl)cnn1C(C)C(=O)Nc1nn(Cc2ccc(Cl)cc2Cl)cc1Cl. The van der Waals surface area contributed by atoms with Crippen molar-refractivity contribution in [2.24, 2.45) is 0 Å². The van der Waals surface area contributed by atoms with Crippen molar-refractivity contribution in [2.75, 3.05) is 5.32 Å². The van der Waals surface area contributed by atoms with Crippen LogP contribution in [0.3, 0.4) is 0 Å². The number of hydrogen-bond acceptors (Lipinski definition) is 3. The van der Waals surface area contributed by atoms with Crippen molar-refractivity contribution in [3.8, 4) is 0 Å². The lowest BCUT2D eigenvalue weighted by Gasteiger charge is -2.13. The molecule has 0 fully saturated rings. The summed E-state index contributed by atoms with van der Waals surface area (Å²) in [4.78, 5) is 12.5. The van der Waals surface area contributed by atoms with Crippen molar-refractivity contribution in [2.45, 2.75) is 26.4 Å². The van der Waals surface area contributed by atoms with Gasteiger partial charge in [-0.1, -0.05) is 52.5 Å². The standard InChI is InChI=1S/C17H15Cl4N5O/c1-9-14(20)6-22-26(9)10(2)17(27)23-16-15(21)8-25(24-16)7-11-3-4-12(18)5-13(11)19/h3-6,8,10H,7H2,1-2H3,(H,23,24,27). The summed E-state index contributed by atoms with van der Waals surface area (Å²) < 4.78 is 3.13. The molecular weight excluding hydrogens is 432 g/mol. The molecule has 142 valence electrons. The van der Waals surface area contributed by atoms with Gasteiger partial charge in [0.15, 0.2) is 5.82 Å². The molecule has 0 spiro atoms. The van der Waals surface area contributed by atoms with E-state index in [1.165, 1.54) is 10.9 Å². The summed E-state index contributed by atoms with van der Waals surface area (Å²) >= 11 is 24.3. The first kappa shape index (κ1) is 20.0. The first-order valence-corrected chi connectivity index (χ1v) is 9.44. The molecule has 0 saturated heterocycles. The van der Waals surface area contributed by atoms with E-state index in [9.17, 15) is 4.79 Å². The summed E-state index contributed by atoms with van der Waals surface area (Å²) in [6.07, 6.45) is 3.11. The number of anilines is 1. The fraction of sp³-hybridized carbons (Fsp3) is 0.235. The first-order chi connectivity index (χ1) is 12.8. The number of halogens is 4. The molecule has 0 bridgehead atoms. The van der Waals surface area contributed by atoms with Crippen molar-refractivity contribution in [1.29, 1.82) is 0 Å². The number of aromatic nitrogens is 4. The molecule has 1 N–H and O–H groups in total. The van der Waals surface area contributed by atoms with E-state index in [0.717, 1.165) is 5.56 Å². The number of hydrogen-bond donors (Lipinski definition) is 1. The zero-order valence-electron chi connectivity index (χ0n) is 14.4. The van der Waals surface area contributed by atoms with Crippen LogP contribution < -0.4 is 5.32 Å².